The summed E-state index contributed by atoms with van der Waals surface area (Å²) < 4.78 is 28.8. The number of carbonyl (C=O) groups excluding carboxylic acids is 1. The lowest BCUT2D eigenvalue weighted by Crippen LogP contribution is -2.11. The maximum absolute atomic E-state index is 14.1. The average molecular weight is 290 g/mol. The van der Waals surface area contributed by atoms with Gasteiger partial charge in [-0.25, -0.2) is 18.4 Å². The summed E-state index contributed by atoms with van der Waals surface area (Å²) in [5.41, 5.74) is 0.534. The SMILES string of the molecule is O=C(c1nc2n(n1)[C@@H](c1cncc(F)c1)C[C@H]2F)C1CC1. The molecule has 5 nitrogen and oxygen atoms in total. The number of ketones is 1. The zero-order chi connectivity index (χ0) is 14.6. The number of aromatic nitrogens is 4. The fraction of sp³-hybridized carbons (Fsp3) is 0.429. The van der Waals surface area contributed by atoms with E-state index in [0.717, 1.165) is 19.0 Å². The Morgan fingerprint density at radius 1 is 1.33 bits per heavy atom. The van der Waals surface area contributed by atoms with Crippen LogP contribution in [0.15, 0.2) is 18.5 Å². The molecule has 2 aliphatic rings. The molecule has 0 saturated heterocycles. The van der Waals surface area contributed by atoms with E-state index < -0.39 is 18.0 Å². The number of nitrogens with zero attached hydrogens (tertiary/aromatic N) is 4. The summed E-state index contributed by atoms with van der Waals surface area (Å²) in [6.07, 6.45) is 3.11. The van der Waals surface area contributed by atoms with Crippen LogP contribution in [-0.4, -0.2) is 25.5 Å². The lowest BCUT2D eigenvalue weighted by atomic mass is 10.1. The predicted octanol–water partition coefficient (Wildman–Crippen LogP) is 2.41. The topological polar surface area (TPSA) is 60.7 Å². The Labute approximate surface area is 119 Å². The number of halogens is 2. The minimum Gasteiger partial charge on any atom is -0.290 e. The number of carbonyl (C=O) groups is 1. The second-order valence-corrected chi connectivity index (χ2v) is 5.53. The summed E-state index contributed by atoms with van der Waals surface area (Å²) >= 11 is 0. The Morgan fingerprint density at radius 3 is 2.86 bits per heavy atom. The standard InChI is InChI=1S/C14H12F2N4O/c15-9-3-8(5-17-6-9)11-4-10(16)14-18-13(19-20(11)14)12(21)7-1-2-7/h3,5-7,10-11H,1-2,4H2/t10-,11-/m1/s1. The van der Waals surface area contributed by atoms with E-state index in [1.165, 1.54) is 16.9 Å². The molecule has 3 heterocycles. The van der Waals surface area contributed by atoms with Crippen molar-refractivity contribution in [3.63, 3.8) is 0 Å². The van der Waals surface area contributed by atoms with Crippen LogP contribution in [0.3, 0.4) is 0 Å². The van der Waals surface area contributed by atoms with Crippen LogP contribution in [0.5, 0.6) is 0 Å². The molecule has 4 rings (SSSR count). The Hall–Kier alpha value is -2.18. The van der Waals surface area contributed by atoms with Crippen molar-refractivity contribution in [3.8, 4) is 0 Å². The molecule has 7 heteroatoms. The van der Waals surface area contributed by atoms with Gasteiger partial charge in [-0.1, -0.05) is 0 Å². The number of rotatable bonds is 3. The van der Waals surface area contributed by atoms with E-state index in [9.17, 15) is 13.6 Å². The summed E-state index contributed by atoms with van der Waals surface area (Å²) in [5, 5.41) is 4.16. The van der Waals surface area contributed by atoms with Gasteiger partial charge in [-0.05, 0) is 24.5 Å². The lowest BCUT2D eigenvalue weighted by molar-refractivity contribution is 0.0956. The van der Waals surface area contributed by atoms with E-state index >= 15 is 0 Å². The van der Waals surface area contributed by atoms with Gasteiger partial charge in [-0.3, -0.25) is 9.78 Å². The number of hydrogen-bond donors (Lipinski definition) is 0. The highest BCUT2D eigenvalue weighted by atomic mass is 19.1. The zero-order valence-electron chi connectivity index (χ0n) is 11.0. The van der Waals surface area contributed by atoms with Gasteiger partial charge in [0.1, 0.15) is 5.82 Å². The third-order valence-corrected chi connectivity index (χ3v) is 3.94. The average Bonchev–Trinajstić information content (AvgIpc) is 3.14. The quantitative estimate of drug-likeness (QED) is 0.814. The third-order valence-electron chi connectivity index (χ3n) is 3.94. The van der Waals surface area contributed by atoms with Crippen LogP contribution in [0.2, 0.25) is 0 Å². The lowest BCUT2D eigenvalue weighted by Gasteiger charge is -2.11. The van der Waals surface area contributed by atoms with Crippen LogP contribution in [0.1, 0.15) is 53.5 Å². The smallest absolute Gasteiger partial charge is 0.217 e. The number of Topliss-reactive ketones (excluding diaryl/α,β-unsaturated/α-hetero) is 1. The highest BCUT2D eigenvalue weighted by molar-refractivity contribution is 5.95. The summed E-state index contributed by atoms with van der Waals surface area (Å²) in [4.78, 5) is 19.8. The highest BCUT2D eigenvalue weighted by Crippen LogP contribution is 2.40. The van der Waals surface area contributed by atoms with Gasteiger partial charge < -0.3 is 0 Å². The largest absolute Gasteiger partial charge is 0.290 e. The summed E-state index contributed by atoms with van der Waals surface area (Å²) in [6.45, 7) is 0. The van der Waals surface area contributed by atoms with Crippen LogP contribution in [0.4, 0.5) is 8.78 Å². The first-order chi connectivity index (χ1) is 10.1. The van der Waals surface area contributed by atoms with Crippen molar-refractivity contribution in [2.24, 2.45) is 5.92 Å². The van der Waals surface area contributed by atoms with Gasteiger partial charge in [0, 0.05) is 18.5 Å². The zero-order valence-corrected chi connectivity index (χ0v) is 11.0. The maximum Gasteiger partial charge on any atom is 0.217 e. The van der Waals surface area contributed by atoms with Gasteiger partial charge in [0.15, 0.2) is 12.0 Å². The maximum atomic E-state index is 14.1. The third kappa shape index (κ3) is 2.03. The molecule has 2 aromatic rings. The molecule has 21 heavy (non-hydrogen) atoms. The van der Waals surface area contributed by atoms with Crippen molar-refractivity contribution in [3.05, 3.63) is 41.5 Å². The van der Waals surface area contributed by atoms with Gasteiger partial charge in [0.2, 0.25) is 11.6 Å². The fourth-order valence-electron chi connectivity index (χ4n) is 2.70. The monoisotopic (exact) mass is 290 g/mol. The highest BCUT2D eigenvalue weighted by Gasteiger charge is 2.39. The molecular weight excluding hydrogens is 278 g/mol. The Kier molecular flexibility index (Phi) is 2.63. The predicted molar refractivity (Wildman–Crippen MR) is 67.9 cm³/mol. The molecule has 1 fully saturated rings. The van der Waals surface area contributed by atoms with Crippen molar-refractivity contribution in [1.29, 1.82) is 0 Å². The second kappa shape index (κ2) is 4.41. The van der Waals surface area contributed by atoms with E-state index in [-0.39, 0.29) is 29.8 Å². The Morgan fingerprint density at radius 2 is 2.14 bits per heavy atom. The summed E-state index contributed by atoms with van der Waals surface area (Å²) in [5.74, 6) is -0.399. The van der Waals surface area contributed by atoms with Crippen LogP contribution in [0, 0.1) is 11.7 Å². The molecule has 1 saturated carbocycles. The van der Waals surface area contributed by atoms with Crippen molar-refractivity contribution < 1.29 is 13.6 Å². The van der Waals surface area contributed by atoms with Crippen molar-refractivity contribution in [2.75, 3.05) is 0 Å². The van der Waals surface area contributed by atoms with Crippen molar-refractivity contribution in [2.45, 2.75) is 31.5 Å². The molecule has 1 aliphatic heterocycles. The molecule has 2 atom stereocenters. The first kappa shape index (κ1) is 12.6. The second-order valence-electron chi connectivity index (χ2n) is 5.53. The molecule has 0 spiro atoms. The molecule has 0 radical (unpaired) electrons. The van der Waals surface area contributed by atoms with E-state index in [4.69, 9.17) is 0 Å². The van der Waals surface area contributed by atoms with Crippen molar-refractivity contribution in [1.82, 2.24) is 19.7 Å². The van der Waals surface area contributed by atoms with Crippen LogP contribution in [0.25, 0.3) is 0 Å². The van der Waals surface area contributed by atoms with Gasteiger partial charge in [-0.15, -0.1) is 5.10 Å². The van der Waals surface area contributed by atoms with Gasteiger partial charge in [0.25, 0.3) is 0 Å². The number of hydrogen-bond acceptors (Lipinski definition) is 4. The van der Waals surface area contributed by atoms with Gasteiger partial charge in [-0.2, -0.15) is 0 Å². The summed E-state index contributed by atoms with van der Waals surface area (Å²) in [6, 6.07) is 0.843. The van der Waals surface area contributed by atoms with Crippen molar-refractivity contribution >= 4 is 5.78 Å². The number of fused-ring (bicyclic) bond motifs is 1. The molecule has 1 aliphatic carbocycles. The molecule has 0 bridgehead atoms. The van der Waals surface area contributed by atoms with Gasteiger partial charge >= 0.3 is 0 Å². The first-order valence-electron chi connectivity index (χ1n) is 6.88. The van der Waals surface area contributed by atoms with Crippen LogP contribution < -0.4 is 0 Å². The molecular formula is C14H12F2N4O. The van der Waals surface area contributed by atoms with Crippen LogP contribution in [-0.2, 0) is 0 Å². The Bertz CT molecular complexity index is 726. The van der Waals surface area contributed by atoms with E-state index in [2.05, 4.69) is 15.1 Å². The molecule has 0 unspecified atom stereocenters. The Balaban J connectivity index is 1.73. The molecule has 0 aromatic carbocycles. The molecule has 2 aromatic heterocycles. The van der Waals surface area contributed by atoms with E-state index in [1.807, 2.05) is 0 Å². The fourth-order valence-corrected chi connectivity index (χ4v) is 2.70. The number of alkyl halides is 1. The summed E-state index contributed by atoms with van der Waals surface area (Å²) in [7, 11) is 0. The van der Waals surface area contributed by atoms with Gasteiger partial charge in [0.05, 0.1) is 12.2 Å². The van der Waals surface area contributed by atoms with E-state index in [0.29, 0.717) is 5.56 Å². The number of pyridine rings is 1. The molecule has 0 amide bonds. The molecule has 0 N–H and O–H groups in total. The minimum atomic E-state index is -1.30. The normalized spacial score (nSPS) is 24.1. The minimum absolute atomic E-state index is 0.0134. The molecule has 108 valence electrons. The first-order valence-corrected chi connectivity index (χ1v) is 6.88. The van der Waals surface area contributed by atoms with Crippen LogP contribution >= 0.6 is 0 Å². The van der Waals surface area contributed by atoms with E-state index in [1.54, 1.807) is 0 Å².